The number of halogens is 1. The molecule has 130 valence electrons. The molecule has 3 nitrogen and oxygen atoms in total. The van der Waals surface area contributed by atoms with Gasteiger partial charge in [0, 0.05) is 18.3 Å². The molecule has 0 fully saturated rings. The number of carbonyl (C=O) groups excluding carboxylic acids is 1. The van der Waals surface area contributed by atoms with Crippen LogP contribution in [0.1, 0.15) is 40.5 Å². The first kappa shape index (κ1) is 22.4. The van der Waals surface area contributed by atoms with Crippen LogP contribution >= 0.6 is 35.6 Å². The van der Waals surface area contributed by atoms with Gasteiger partial charge in [-0.1, -0.05) is 32.5 Å². The van der Waals surface area contributed by atoms with E-state index in [1.54, 1.807) is 0 Å². The Morgan fingerprint density at radius 3 is 2.41 bits per heavy atom. The van der Waals surface area contributed by atoms with Crippen molar-refractivity contribution < 1.29 is 14.0 Å². The fourth-order valence-corrected chi connectivity index (χ4v) is 4.03. The van der Waals surface area contributed by atoms with Crippen LogP contribution in [0.3, 0.4) is 0 Å². The topological polar surface area (TPSA) is 35.5 Å². The molecule has 1 atom stereocenters. The number of hydrogen-bond donors (Lipinski definition) is 0. The average Bonchev–Trinajstić information content (AvgIpc) is 2.40. The van der Waals surface area contributed by atoms with Crippen molar-refractivity contribution in [2.45, 2.75) is 63.9 Å². The Labute approximate surface area is 151 Å². The number of rotatable bonds is 9. The van der Waals surface area contributed by atoms with Crippen LogP contribution in [0.25, 0.3) is 0 Å². The van der Waals surface area contributed by atoms with Crippen molar-refractivity contribution in [3.63, 3.8) is 0 Å². The molecule has 0 spiro atoms. The summed E-state index contributed by atoms with van der Waals surface area (Å²) in [5.74, 6) is 0.123. The molecule has 0 aliphatic carbocycles. The molecule has 0 radical (unpaired) electrons. The van der Waals surface area contributed by atoms with Crippen LogP contribution in [0.2, 0.25) is 18.1 Å². The summed E-state index contributed by atoms with van der Waals surface area (Å²) in [7, 11) is -1.81. The largest absolute Gasteiger partial charge is 0.479 e. The van der Waals surface area contributed by atoms with Gasteiger partial charge >= 0.3 is 0 Å². The molecular weight excluding hydrogens is 356 g/mol. The average molecular weight is 385 g/mol. The zero-order valence-electron chi connectivity index (χ0n) is 14.5. The number of thiocarbonyl (C=S) groups is 1. The summed E-state index contributed by atoms with van der Waals surface area (Å²) in [6.07, 6.45) is 1.16. The highest BCUT2D eigenvalue weighted by Crippen LogP contribution is 2.37. The van der Waals surface area contributed by atoms with E-state index in [0.717, 1.165) is 0 Å². The van der Waals surface area contributed by atoms with Crippen molar-refractivity contribution in [2.24, 2.45) is 0 Å². The third-order valence-electron chi connectivity index (χ3n) is 3.86. The molecule has 0 heterocycles. The summed E-state index contributed by atoms with van der Waals surface area (Å²) in [4.78, 5) is 11.5. The van der Waals surface area contributed by atoms with Crippen molar-refractivity contribution in [2.75, 3.05) is 19.1 Å². The van der Waals surface area contributed by atoms with E-state index in [1.807, 2.05) is 6.92 Å². The Kier molecular flexibility index (Phi) is 10.5. The van der Waals surface area contributed by atoms with Crippen molar-refractivity contribution in [1.82, 2.24) is 0 Å². The standard InChI is InChI=1S/C15H29ClO3S2Si/c1-7-18-14(20)21-13(9-8-12(17)10-16)11-19-22(5,6)15(2,3)4/h13H,7-11H2,1-6H3. The molecule has 0 aliphatic rings. The fourth-order valence-electron chi connectivity index (χ4n) is 1.37. The molecule has 0 rings (SSSR count). The van der Waals surface area contributed by atoms with Crippen LogP contribution in [0.5, 0.6) is 0 Å². The number of Topliss-reactive ketones (excluding diaryl/α,β-unsaturated/α-hetero) is 1. The normalized spacial score (nSPS) is 13.8. The van der Waals surface area contributed by atoms with E-state index in [2.05, 4.69) is 33.9 Å². The van der Waals surface area contributed by atoms with E-state index < -0.39 is 8.32 Å². The quantitative estimate of drug-likeness (QED) is 0.317. The number of ether oxygens (including phenoxy) is 1. The molecule has 0 aliphatic heterocycles. The third-order valence-corrected chi connectivity index (χ3v) is 10.1. The lowest BCUT2D eigenvalue weighted by Crippen LogP contribution is -2.42. The van der Waals surface area contributed by atoms with Crippen LogP contribution in [0.15, 0.2) is 0 Å². The number of alkyl halides is 1. The van der Waals surface area contributed by atoms with E-state index in [4.69, 9.17) is 33.0 Å². The molecule has 0 N–H and O–H groups in total. The summed E-state index contributed by atoms with van der Waals surface area (Å²) < 4.78 is 12.1. The van der Waals surface area contributed by atoms with E-state index in [-0.39, 0.29) is 22.0 Å². The monoisotopic (exact) mass is 384 g/mol. The van der Waals surface area contributed by atoms with Crippen molar-refractivity contribution >= 4 is 54.1 Å². The number of hydrogen-bond acceptors (Lipinski definition) is 5. The minimum absolute atomic E-state index is 0.0573. The van der Waals surface area contributed by atoms with Gasteiger partial charge in [-0.3, -0.25) is 4.79 Å². The smallest absolute Gasteiger partial charge is 0.220 e. The zero-order chi connectivity index (χ0) is 17.4. The Bertz CT molecular complexity index is 370. The summed E-state index contributed by atoms with van der Waals surface area (Å²) in [6, 6.07) is 0. The van der Waals surface area contributed by atoms with Crippen molar-refractivity contribution in [3.8, 4) is 0 Å². The van der Waals surface area contributed by atoms with Gasteiger partial charge in [-0.25, -0.2) is 0 Å². The van der Waals surface area contributed by atoms with Gasteiger partial charge < -0.3 is 9.16 Å². The second-order valence-electron chi connectivity index (χ2n) is 6.71. The molecule has 0 saturated heterocycles. The van der Waals surface area contributed by atoms with E-state index >= 15 is 0 Å². The Hall–Kier alpha value is 0.377. The molecule has 0 saturated carbocycles. The highest BCUT2D eigenvalue weighted by Gasteiger charge is 2.37. The second-order valence-corrected chi connectivity index (χ2v) is 13.7. The molecule has 0 aromatic rings. The molecule has 0 bridgehead atoms. The first-order valence-corrected chi connectivity index (χ1v) is 12.3. The predicted molar refractivity (Wildman–Crippen MR) is 104 cm³/mol. The Morgan fingerprint density at radius 1 is 1.36 bits per heavy atom. The molecule has 0 amide bonds. The lowest BCUT2D eigenvalue weighted by atomic mass is 10.2. The van der Waals surface area contributed by atoms with Gasteiger partial charge in [0.25, 0.3) is 0 Å². The fraction of sp³-hybridized carbons (Fsp3) is 0.867. The van der Waals surface area contributed by atoms with Crippen molar-refractivity contribution in [1.29, 1.82) is 0 Å². The maximum atomic E-state index is 11.5. The molecule has 0 aromatic heterocycles. The lowest BCUT2D eigenvalue weighted by molar-refractivity contribution is -0.116. The molecule has 0 aromatic carbocycles. The third kappa shape index (κ3) is 8.87. The summed E-state index contributed by atoms with van der Waals surface area (Å²) in [5.41, 5.74) is 0. The summed E-state index contributed by atoms with van der Waals surface area (Å²) in [5, 5.41) is 0.287. The van der Waals surface area contributed by atoms with Crippen LogP contribution in [-0.2, 0) is 14.0 Å². The molecular formula is C15H29ClO3S2Si. The van der Waals surface area contributed by atoms with Gasteiger partial charge in [0.2, 0.25) is 4.38 Å². The van der Waals surface area contributed by atoms with Gasteiger partial charge in [0.1, 0.15) is 5.78 Å². The SMILES string of the molecule is CCOC(=S)SC(CCC(=O)CCl)CO[Si](C)(C)C(C)(C)C. The maximum Gasteiger partial charge on any atom is 0.220 e. The first-order valence-electron chi connectivity index (χ1n) is 7.58. The van der Waals surface area contributed by atoms with Crippen LogP contribution < -0.4 is 0 Å². The Balaban J connectivity index is 4.64. The van der Waals surface area contributed by atoms with E-state index in [1.165, 1.54) is 11.8 Å². The van der Waals surface area contributed by atoms with E-state index in [9.17, 15) is 4.79 Å². The maximum absolute atomic E-state index is 11.5. The van der Waals surface area contributed by atoms with Gasteiger partial charge in [-0.05, 0) is 43.7 Å². The zero-order valence-corrected chi connectivity index (χ0v) is 17.9. The van der Waals surface area contributed by atoms with Gasteiger partial charge in [-0.15, -0.1) is 11.6 Å². The van der Waals surface area contributed by atoms with E-state index in [0.29, 0.717) is 30.4 Å². The first-order chi connectivity index (χ1) is 10.0. The minimum atomic E-state index is -1.81. The molecule has 1 unspecified atom stereocenters. The minimum Gasteiger partial charge on any atom is -0.479 e. The van der Waals surface area contributed by atoms with Gasteiger partial charge in [-0.2, -0.15) is 0 Å². The highest BCUT2D eigenvalue weighted by atomic mass is 35.5. The van der Waals surface area contributed by atoms with Gasteiger partial charge in [0.05, 0.1) is 12.5 Å². The molecule has 22 heavy (non-hydrogen) atoms. The number of carbonyl (C=O) groups is 1. The molecule has 7 heteroatoms. The van der Waals surface area contributed by atoms with Crippen LogP contribution in [-0.4, -0.2) is 42.8 Å². The highest BCUT2D eigenvalue weighted by molar-refractivity contribution is 8.23. The van der Waals surface area contributed by atoms with Gasteiger partial charge in [0.15, 0.2) is 8.32 Å². The second kappa shape index (κ2) is 10.3. The predicted octanol–water partition coefficient (Wildman–Crippen LogP) is 5.02. The number of thioether (sulfide) groups is 1. The summed E-state index contributed by atoms with van der Waals surface area (Å²) in [6.45, 7) is 14.1. The van der Waals surface area contributed by atoms with Crippen LogP contribution in [0, 0.1) is 0 Å². The summed E-state index contributed by atoms with van der Waals surface area (Å²) >= 11 is 12.3. The van der Waals surface area contributed by atoms with Crippen LogP contribution in [0.4, 0.5) is 0 Å². The van der Waals surface area contributed by atoms with Crippen molar-refractivity contribution in [3.05, 3.63) is 0 Å². The Morgan fingerprint density at radius 2 is 1.95 bits per heavy atom. The number of ketones is 1. The lowest BCUT2D eigenvalue weighted by Gasteiger charge is -2.37.